The summed E-state index contributed by atoms with van der Waals surface area (Å²) in [4.78, 5) is 11.7. The topological polar surface area (TPSA) is 17.1 Å². The van der Waals surface area contributed by atoms with Crippen LogP contribution >= 0.6 is 15.9 Å². The Labute approximate surface area is 106 Å². The van der Waals surface area contributed by atoms with Gasteiger partial charge in [0.2, 0.25) is 0 Å². The van der Waals surface area contributed by atoms with Gasteiger partial charge in [-0.2, -0.15) is 0 Å². The summed E-state index contributed by atoms with van der Waals surface area (Å²) in [5.74, 6) is 0.379. The molecule has 1 rings (SSSR count). The van der Waals surface area contributed by atoms with Crippen LogP contribution in [-0.2, 0) is 17.6 Å². The number of carbonyl (C=O) groups excluding carboxylic acids is 1. The number of Topliss-reactive ketones (excluding diaryl/α,β-unsaturated/α-hetero) is 1. The first-order chi connectivity index (χ1) is 7.56. The second kappa shape index (κ2) is 6.19. The van der Waals surface area contributed by atoms with Crippen molar-refractivity contribution in [3.63, 3.8) is 0 Å². The highest BCUT2D eigenvalue weighted by Gasteiger charge is 2.19. The molecule has 0 aliphatic carbocycles. The minimum Gasteiger partial charge on any atom is -0.298 e. The quantitative estimate of drug-likeness (QED) is 0.752. The highest BCUT2D eigenvalue weighted by Crippen LogP contribution is 2.18. The predicted octanol–water partition coefficient (Wildman–Crippen LogP) is 3.78. The normalized spacial score (nSPS) is 12.8. The van der Waals surface area contributed by atoms with Crippen molar-refractivity contribution in [1.29, 1.82) is 0 Å². The molecule has 1 aromatic rings. The summed E-state index contributed by atoms with van der Waals surface area (Å²) in [7, 11) is 0. The van der Waals surface area contributed by atoms with E-state index in [-0.39, 0.29) is 16.5 Å². The number of halogens is 1. The molecule has 0 N–H and O–H groups in total. The van der Waals surface area contributed by atoms with Gasteiger partial charge in [0.25, 0.3) is 0 Å². The molecule has 1 aromatic carbocycles. The molecule has 0 aliphatic rings. The fourth-order valence-corrected chi connectivity index (χ4v) is 2.63. The van der Waals surface area contributed by atoms with E-state index in [1.54, 1.807) is 0 Å². The molecule has 16 heavy (non-hydrogen) atoms. The van der Waals surface area contributed by atoms with Crippen molar-refractivity contribution in [3.8, 4) is 0 Å². The molecule has 0 radical (unpaired) electrons. The molecule has 1 unspecified atom stereocenters. The molecule has 2 heteroatoms. The van der Waals surface area contributed by atoms with Gasteiger partial charge in [0.1, 0.15) is 5.78 Å². The maximum absolute atomic E-state index is 11.8. The van der Waals surface area contributed by atoms with Gasteiger partial charge in [-0.25, -0.2) is 0 Å². The minimum atomic E-state index is -0.0554. The van der Waals surface area contributed by atoms with Crippen molar-refractivity contribution in [1.82, 2.24) is 0 Å². The van der Waals surface area contributed by atoms with Gasteiger partial charge in [0, 0.05) is 5.92 Å². The zero-order valence-corrected chi connectivity index (χ0v) is 11.8. The Balaban J connectivity index is 2.76. The minimum absolute atomic E-state index is 0.0554. The molecule has 1 nitrogen and oxygen atoms in total. The lowest BCUT2D eigenvalue weighted by atomic mass is 9.97. The van der Waals surface area contributed by atoms with Crippen molar-refractivity contribution in [2.24, 2.45) is 5.92 Å². The van der Waals surface area contributed by atoms with Crippen LogP contribution in [0.1, 0.15) is 31.9 Å². The summed E-state index contributed by atoms with van der Waals surface area (Å²) in [5, 5.41) is 0. The summed E-state index contributed by atoms with van der Waals surface area (Å²) < 4.78 is 0. The Hall–Kier alpha value is -0.630. The van der Waals surface area contributed by atoms with E-state index in [1.807, 2.05) is 19.9 Å². The Morgan fingerprint density at radius 3 is 2.31 bits per heavy atom. The van der Waals surface area contributed by atoms with Crippen molar-refractivity contribution >= 4 is 21.7 Å². The highest BCUT2D eigenvalue weighted by molar-refractivity contribution is 9.10. The van der Waals surface area contributed by atoms with Crippen LogP contribution in [0.25, 0.3) is 0 Å². The van der Waals surface area contributed by atoms with Gasteiger partial charge < -0.3 is 0 Å². The fraction of sp³-hybridized carbons (Fsp3) is 0.500. The molecule has 0 aromatic heterocycles. The third-order valence-electron chi connectivity index (χ3n) is 2.78. The van der Waals surface area contributed by atoms with Gasteiger partial charge >= 0.3 is 0 Å². The van der Waals surface area contributed by atoms with Crippen molar-refractivity contribution < 1.29 is 4.79 Å². The second-order valence-electron chi connectivity index (χ2n) is 4.35. The van der Waals surface area contributed by atoms with E-state index in [9.17, 15) is 4.79 Å². The molecule has 0 bridgehead atoms. The summed E-state index contributed by atoms with van der Waals surface area (Å²) in [6.07, 6.45) is 1.81. The molecule has 0 saturated carbocycles. The molecule has 0 spiro atoms. The van der Waals surface area contributed by atoms with E-state index in [0.29, 0.717) is 0 Å². The lowest BCUT2D eigenvalue weighted by Crippen LogP contribution is -2.22. The molecule has 88 valence electrons. The van der Waals surface area contributed by atoms with E-state index in [0.717, 1.165) is 12.8 Å². The molecule has 1 atom stereocenters. The Kier molecular flexibility index (Phi) is 5.20. The fourth-order valence-electron chi connectivity index (χ4n) is 1.76. The first kappa shape index (κ1) is 13.4. The monoisotopic (exact) mass is 282 g/mol. The van der Waals surface area contributed by atoms with E-state index in [1.165, 1.54) is 11.1 Å². The van der Waals surface area contributed by atoms with Crippen LogP contribution in [0.3, 0.4) is 0 Å². The van der Waals surface area contributed by atoms with Crippen LogP contribution in [-0.4, -0.2) is 10.6 Å². The van der Waals surface area contributed by atoms with Gasteiger partial charge in [-0.1, -0.05) is 61.0 Å². The highest BCUT2D eigenvalue weighted by atomic mass is 79.9. The third-order valence-corrected chi connectivity index (χ3v) is 3.55. The average Bonchev–Trinajstić information content (AvgIpc) is 2.28. The first-order valence-corrected chi connectivity index (χ1v) is 6.72. The Morgan fingerprint density at radius 1 is 1.25 bits per heavy atom. The molecule has 0 amide bonds. The second-order valence-corrected chi connectivity index (χ2v) is 5.46. The maximum atomic E-state index is 11.8. The maximum Gasteiger partial charge on any atom is 0.149 e. The van der Waals surface area contributed by atoms with Crippen LogP contribution in [0.15, 0.2) is 24.3 Å². The first-order valence-electron chi connectivity index (χ1n) is 5.80. The summed E-state index contributed by atoms with van der Waals surface area (Å²) >= 11 is 3.49. The number of hydrogen-bond acceptors (Lipinski definition) is 1. The Morgan fingerprint density at radius 2 is 1.81 bits per heavy atom. The van der Waals surface area contributed by atoms with Gasteiger partial charge in [-0.05, 0) is 24.0 Å². The molecule has 0 saturated heterocycles. The zero-order valence-electron chi connectivity index (χ0n) is 10.2. The average molecular weight is 283 g/mol. The van der Waals surface area contributed by atoms with Crippen molar-refractivity contribution in [3.05, 3.63) is 35.4 Å². The van der Waals surface area contributed by atoms with Crippen LogP contribution in [0, 0.1) is 5.92 Å². The van der Waals surface area contributed by atoms with Gasteiger partial charge in [0.05, 0.1) is 4.83 Å². The molecule has 0 fully saturated rings. The van der Waals surface area contributed by atoms with Crippen LogP contribution in [0.2, 0.25) is 0 Å². The lowest BCUT2D eigenvalue weighted by molar-refractivity contribution is -0.121. The third kappa shape index (κ3) is 3.44. The summed E-state index contributed by atoms with van der Waals surface area (Å²) in [6.45, 7) is 6.04. The number of benzene rings is 1. The van der Waals surface area contributed by atoms with E-state index >= 15 is 0 Å². The Bertz CT molecular complexity index is 358. The molecular weight excluding hydrogens is 264 g/mol. The molecule has 0 aliphatic heterocycles. The summed E-state index contributed by atoms with van der Waals surface area (Å²) in [6, 6.07) is 8.33. The van der Waals surface area contributed by atoms with E-state index < -0.39 is 0 Å². The van der Waals surface area contributed by atoms with E-state index in [4.69, 9.17) is 0 Å². The number of rotatable bonds is 5. The van der Waals surface area contributed by atoms with Gasteiger partial charge in [0.15, 0.2) is 0 Å². The SMILES string of the molecule is CCc1ccccc1CC(Br)C(=O)C(C)C. The number of hydrogen-bond donors (Lipinski definition) is 0. The standard InChI is InChI=1S/C14H19BrO/c1-4-11-7-5-6-8-12(11)9-13(15)14(16)10(2)3/h5-8,10,13H,4,9H2,1-3H3. The smallest absolute Gasteiger partial charge is 0.149 e. The van der Waals surface area contributed by atoms with Gasteiger partial charge in [-0.3, -0.25) is 4.79 Å². The molecule has 0 heterocycles. The van der Waals surface area contributed by atoms with Crippen LogP contribution in [0.5, 0.6) is 0 Å². The number of aryl methyl sites for hydroxylation is 1. The number of ketones is 1. The number of alkyl halides is 1. The predicted molar refractivity (Wildman–Crippen MR) is 72.1 cm³/mol. The van der Waals surface area contributed by atoms with Crippen LogP contribution < -0.4 is 0 Å². The van der Waals surface area contributed by atoms with E-state index in [2.05, 4.69) is 41.1 Å². The molecular formula is C14H19BrO. The number of carbonyl (C=O) groups is 1. The zero-order chi connectivity index (χ0) is 12.1. The van der Waals surface area contributed by atoms with Crippen molar-refractivity contribution in [2.75, 3.05) is 0 Å². The van der Waals surface area contributed by atoms with Crippen LogP contribution in [0.4, 0.5) is 0 Å². The van der Waals surface area contributed by atoms with Gasteiger partial charge in [-0.15, -0.1) is 0 Å². The lowest BCUT2D eigenvalue weighted by Gasteiger charge is -2.13. The van der Waals surface area contributed by atoms with Crippen molar-refractivity contribution in [2.45, 2.75) is 38.4 Å². The summed E-state index contributed by atoms with van der Waals surface area (Å²) in [5.41, 5.74) is 2.62. The largest absolute Gasteiger partial charge is 0.298 e.